The summed E-state index contributed by atoms with van der Waals surface area (Å²) in [6.45, 7) is 5.58. The first kappa shape index (κ1) is 17.6. The topological polar surface area (TPSA) is 106 Å². The number of carbonyl (C=O) groups excluding carboxylic acids is 1. The highest BCUT2D eigenvalue weighted by Crippen LogP contribution is 2.29. The highest BCUT2D eigenvalue weighted by Gasteiger charge is 2.30. The van der Waals surface area contributed by atoms with Crippen molar-refractivity contribution in [2.24, 2.45) is 0 Å². The summed E-state index contributed by atoms with van der Waals surface area (Å²) in [5.41, 5.74) is 1.11. The Morgan fingerprint density at radius 2 is 2.04 bits per heavy atom. The van der Waals surface area contributed by atoms with Gasteiger partial charge in [-0.05, 0) is 25.3 Å². The van der Waals surface area contributed by atoms with Crippen LogP contribution in [0.2, 0.25) is 0 Å². The zero-order chi connectivity index (χ0) is 19.0. The average Bonchev–Trinajstić information content (AvgIpc) is 3.12. The lowest BCUT2D eigenvalue weighted by atomic mass is 9.94. The molecule has 27 heavy (non-hydrogen) atoms. The Morgan fingerprint density at radius 3 is 2.78 bits per heavy atom. The number of likely N-dealkylation sites (tertiary alicyclic amines) is 1. The highest BCUT2D eigenvalue weighted by atomic mass is 16.6. The molecule has 0 atom stereocenters. The lowest BCUT2D eigenvalue weighted by Gasteiger charge is -2.32. The van der Waals surface area contributed by atoms with Gasteiger partial charge in [0.15, 0.2) is 0 Å². The number of hydrogen-bond donors (Lipinski definition) is 1. The monoisotopic (exact) mass is 370 g/mol. The molecule has 0 spiro atoms. The van der Waals surface area contributed by atoms with E-state index in [4.69, 9.17) is 0 Å². The zero-order valence-corrected chi connectivity index (χ0v) is 15.2. The van der Waals surface area contributed by atoms with Gasteiger partial charge in [0, 0.05) is 49.8 Å². The molecule has 3 heterocycles. The Kier molecular flexibility index (Phi) is 4.61. The van der Waals surface area contributed by atoms with E-state index in [1.807, 2.05) is 0 Å². The van der Waals surface area contributed by atoms with Crippen molar-refractivity contribution in [2.45, 2.75) is 38.8 Å². The molecule has 2 aliphatic heterocycles. The van der Waals surface area contributed by atoms with Gasteiger partial charge >= 0.3 is 0 Å². The molecule has 1 aromatic heterocycles. The van der Waals surface area contributed by atoms with Crippen LogP contribution >= 0.6 is 0 Å². The Morgan fingerprint density at radius 1 is 1.26 bits per heavy atom. The van der Waals surface area contributed by atoms with Gasteiger partial charge in [-0.1, -0.05) is 6.07 Å². The van der Waals surface area contributed by atoms with Crippen molar-refractivity contribution < 1.29 is 9.72 Å². The summed E-state index contributed by atoms with van der Waals surface area (Å²) in [7, 11) is 0. The molecule has 4 rings (SSSR count). The van der Waals surface area contributed by atoms with Crippen molar-refractivity contribution in [3.63, 3.8) is 0 Å². The summed E-state index contributed by atoms with van der Waals surface area (Å²) in [5, 5.41) is 23.0. The van der Waals surface area contributed by atoms with Crippen LogP contribution < -0.4 is 5.32 Å². The second-order valence-corrected chi connectivity index (χ2v) is 7.13. The smallest absolute Gasteiger partial charge is 0.270 e. The van der Waals surface area contributed by atoms with E-state index < -0.39 is 4.92 Å². The van der Waals surface area contributed by atoms with Gasteiger partial charge in [-0.25, -0.2) is 0 Å². The van der Waals surface area contributed by atoms with Gasteiger partial charge in [0.25, 0.3) is 11.6 Å². The summed E-state index contributed by atoms with van der Waals surface area (Å²) in [4.78, 5) is 25.2. The molecule has 9 nitrogen and oxygen atoms in total. The Hall–Kier alpha value is -2.81. The Balaban J connectivity index is 1.46. The van der Waals surface area contributed by atoms with Gasteiger partial charge in [0.05, 0.1) is 11.5 Å². The number of carbonyl (C=O) groups is 1. The predicted octanol–water partition coefficient (Wildman–Crippen LogP) is 1.62. The highest BCUT2D eigenvalue weighted by molar-refractivity contribution is 5.96. The van der Waals surface area contributed by atoms with Crippen LogP contribution in [0.25, 0.3) is 0 Å². The fraction of sp³-hybridized carbons (Fsp3) is 0.500. The molecule has 0 unspecified atom stereocenters. The number of piperidine rings is 1. The van der Waals surface area contributed by atoms with Crippen molar-refractivity contribution in [1.82, 2.24) is 25.0 Å². The molecule has 0 saturated carbocycles. The minimum absolute atomic E-state index is 0.0532. The molecule has 1 fully saturated rings. The molecule has 0 aliphatic carbocycles. The van der Waals surface area contributed by atoms with Gasteiger partial charge in [-0.3, -0.25) is 14.9 Å². The van der Waals surface area contributed by atoms with E-state index in [9.17, 15) is 14.9 Å². The molecule has 9 heteroatoms. The van der Waals surface area contributed by atoms with E-state index in [0.717, 1.165) is 49.7 Å². The first-order valence-corrected chi connectivity index (χ1v) is 9.21. The van der Waals surface area contributed by atoms with E-state index in [1.54, 1.807) is 17.9 Å². The fourth-order valence-electron chi connectivity index (χ4n) is 3.88. The normalized spacial score (nSPS) is 17.6. The predicted molar refractivity (Wildman–Crippen MR) is 97.4 cm³/mol. The van der Waals surface area contributed by atoms with Crippen molar-refractivity contribution in [3.8, 4) is 0 Å². The fourth-order valence-corrected chi connectivity index (χ4v) is 3.88. The maximum atomic E-state index is 12.9. The van der Waals surface area contributed by atoms with E-state index in [0.29, 0.717) is 24.6 Å². The third-order valence-corrected chi connectivity index (χ3v) is 5.46. The number of nitro benzene ring substituents is 1. The molecular formula is C18H22N6O3. The summed E-state index contributed by atoms with van der Waals surface area (Å²) in [6, 6.07) is 4.45. The van der Waals surface area contributed by atoms with Crippen LogP contribution in [0, 0.1) is 17.0 Å². The van der Waals surface area contributed by atoms with Gasteiger partial charge in [-0.2, -0.15) is 0 Å². The number of rotatable bonds is 3. The summed E-state index contributed by atoms with van der Waals surface area (Å²) in [6.07, 6.45) is 1.65. The molecule has 0 radical (unpaired) electrons. The molecule has 1 saturated heterocycles. The van der Waals surface area contributed by atoms with E-state index in [1.165, 1.54) is 12.1 Å². The van der Waals surface area contributed by atoms with Gasteiger partial charge in [-0.15, -0.1) is 10.2 Å². The molecular weight excluding hydrogens is 348 g/mol. The molecule has 1 aromatic carbocycles. The quantitative estimate of drug-likeness (QED) is 0.650. The van der Waals surface area contributed by atoms with Crippen molar-refractivity contribution in [2.75, 3.05) is 19.6 Å². The maximum absolute atomic E-state index is 12.9. The van der Waals surface area contributed by atoms with Crippen molar-refractivity contribution in [1.29, 1.82) is 0 Å². The van der Waals surface area contributed by atoms with Crippen LogP contribution in [0.3, 0.4) is 0 Å². The van der Waals surface area contributed by atoms with Gasteiger partial charge in [0.2, 0.25) is 0 Å². The third-order valence-electron chi connectivity index (χ3n) is 5.46. The van der Waals surface area contributed by atoms with Crippen molar-refractivity contribution in [3.05, 3.63) is 51.1 Å². The Labute approximate surface area is 156 Å². The van der Waals surface area contributed by atoms with Crippen LogP contribution in [0.4, 0.5) is 5.69 Å². The summed E-state index contributed by atoms with van der Waals surface area (Å²) < 4.78 is 2.20. The standard InChI is InChI=1S/C18H22N6O3/c1-12-2-3-14(24(26)27)10-15(12)18(25)22-7-4-13(5-8-22)17-21-20-16-11-19-6-9-23(16)17/h2-3,10,13,19H,4-9,11H2,1H3. The van der Waals surface area contributed by atoms with Gasteiger partial charge < -0.3 is 14.8 Å². The van der Waals surface area contributed by atoms with Gasteiger partial charge in [0.1, 0.15) is 11.6 Å². The van der Waals surface area contributed by atoms with Crippen LogP contribution in [0.5, 0.6) is 0 Å². The number of nitrogens with zero attached hydrogens (tertiary/aromatic N) is 5. The lowest BCUT2D eigenvalue weighted by Crippen LogP contribution is -2.39. The lowest BCUT2D eigenvalue weighted by molar-refractivity contribution is -0.384. The largest absolute Gasteiger partial charge is 0.339 e. The third kappa shape index (κ3) is 3.30. The number of non-ortho nitro benzene ring substituents is 1. The van der Waals surface area contributed by atoms with Crippen LogP contribution in [0.15, 0.2) is 18.2 Å². The molecule has 2 aromatic rings. The first-order valence-electron chi connectivity index (χ1n) is 9.21. The number of fused-ring (bicyclic) bond motifs is 1. The molecule has 142 valence electrons. The summed E-state index contributed by atoms with van der Waals surface area (Å²) >= 11 is 0. The number of amides is 1. The number of aromatic nitrogens is 3. The minimum atomic E-state index is -0.467. The number of aryl methyl sites for hydroxylation is 1. The van der Waals surface area contributed by atoms with Crippen LogP contribution in [-0.4, -0.2) is 50.1 Å². The number of benzene rings is 1. The van der Waals surface area contributed by atoms with Crippen LogP contribution in [0.1, 0.15) is 46.3 Å². The first-order chi connectivity index (χ1) is 13.0. The molecule has 1 amide bonds. The summed E-state index contributed by atoms with van der Waals surface area (Å²) in [5.74, 6) is 2.15. The minimum Gasteiger partial charge on any atom is -0.339 e. The number of nitrogens with one attached hydrogen (secondary N) is 1. The number of nitro groups is 1. The second-order valence-electron chi connectivity index (χ2n) is 7.13. The molecule has 1 N–H and O–H groups in total. The Bertz CT molecular complexity index is 885. The maximum Gasteiger partial charge on any atom is 0.270 e. The van der Waals surface area contributed by atoms with Crippen LogP contribution in [-0.2, 0) is 13.1 Å². The average molecular weight is 370 g/mol. The van der Waals surface area contributed by atoms with E-state index >= 15 is 0 Å². The molecule has 0 bridgehead atoms. The second kappa shape index (κ2) is 7.07. The SMILES string of the molecule is Cc1ccc([N+](=O)[O-])cc1C(=O)N1CCC(c2nnc3n2CCNC3)CC1. The van der Waals surface area contributed by atoms with E-state index in [-0.39, 0.29) is 11.6 Å². The number of hydrogen-bond acceptors (Lipinski definition) is 6. The zero-order valence-electron chi connectivity index (χ0n) is 15.2. The van der Waals surface area contributed by atoms with Crippen molar-refractivity contribution >= 4 is 11.6 Å². The van der Waals surface area contributed by atoms with E-state index in [2.05, 4.69) is 20.1 Å². The molecule has 2 aliphatic rings.